The highest BCUT2D eigenvalue weighted by Crippen LogP contribution is 2.41. The molecule has 1 saturated carbocycles. The second kappa shape index (κ2) is 8.60. The fraction of sp³-hybridized carbons (Fsp3) is 0.682. The molecule has 2 nitrogen and oxygen atoms in total. The van der Waals surface area contributed by atoms with Crippen LogP contribution in [0.2, 0.25) is 0 Å². The maximum atomic E-state index is 11.0. The van der Waals surface area contributed by atoms with E-state index in [0.29, 0.717) is 10.5 Å². The van der Waals surface area contributed by atoms with Gasteiger partial charge in [0.1, 0.15) is 0 Å². The third kappa shape index (κ3) is 6.23. The molecule has 4 heteroatoms. The molecule has 1 aromatic rings. The summed E-state index contributed by atoms with van der Waals surface area (Å²) in [6.07, 6.45) is 4.81. The summed E-state index contributed by atoms with van der Waals surface area (Å²) < 4.78 is 0. The summed E-state index contributed by atoms with van der Waals surface area (Å²) >= 11 is 3.60. The van der Waals surface area contributed by atoms with Crippen LogP contribution >= 0.6 is 23.5 Å². The van der Waals surface area contributed by atoms with Crippen molar-refractivity contribution in [3.8, 4) is 0 Å². The molecule has 0 amide bonds. The number of hydrogen-bond donors (Lipinski definition) is 1. The van der Waals surface area contributed by atoms with E-state index in [1.807, 2.05) is 11.8 Å². The zero-order valence-corrected chi connectivity index (χ0v) is 18.7. The standard InChI is InChI=1S/C22H34O2S2/c1-21(2,3)15-11-16(22(4,5)6)13-17(12-15)26-19-10-8-7-9-18(19)25-14-20(23)24/h11-13,18-19H,7-10,14H2,1-6H3,(H,23,24)/t18-,19-/m1/s1. The van der Waals surface area contributed by atoms with Crippen molar-refractivity contribution in [3.05, 3.63) is 29.3 Å². The molecular formula is C22H34O2S2. The zero-order valence-electron chi connectivity index (χ0n) is 17.1. The number of thioether (sulfide) groups is 2. The minimum atomic E-state index is -0.700. The summed E-state index contributed by atoms with van der Waals surface area (Å²) in [6.45, 7) is 13.6. The van der Waals surface area contributed by atoms with Gasteiger partial charge in [0.2, 0.25) is 0 Å². The van der Waals surface area contributed by atoms with Crippen molar-refractivity contribution in [1.29, 1.82) is 0 Å². The minimum absolute atomic E-state index is 0.126. The largest absolute Gasteiger partial charge is 0.481 e. The maximum absolute atomic E-state index is 11.0. The molecule has 1 aromatic carbocycles. The molecule has 1 N–H and O–H groups in total. The van der Waals surface area contributed by atoms with Crippen LogP contribution in [-0.4, -0.2) is 27.3 Å². The van der Waals surface area contributed by atoms with Crippen LogP contribution in [0.25, 0.3) is 0 Å². The van der Waals surface area contributed by atoms with E-state index in [0.717, 1.165) is 6.42 Å². The molecule has 0 spiro atoms. The molecule has 1 aliphatic rings. The predicted octanol–water partition coefficient (Wildman–Crippen LogP) is 6.50. The Morgan fingerprint density at radius 3 is 1.92 bits per heavy atom. The lowest BCUT2D eigenvalue weighted by atomic mass is 9.81. The Hall–Kier alpha value is -0.610. The van der Waals surface area contributed by atoms with Crippen LogP contribution in [0, 0.1) is 0 Å². The Balaban J connectivity index is 2.27. The summed E-state index contributed by atoms with van der Waals surface area (Å²) in [6, 6.07) is 7.07. The predicted molar refractivity (Wildman–Crippen MR) is 116 cm³/mol. The molecule has 2 rings (SSSR count). The first-order valence-corrected chi connectivity index (χ1v) is 11.6. The van der Waals surface area contributed by atoms with E-state index in [2.05, 4.69) is 59.7 Å². The van der Waals surface area contributed by atoms with Gasteiger partial charge in [0.15, 0.2) is 0 Å². The van der Waals surface area contributed by atoms with Crippen LogP contribution < -0.4 is 0 Å². The number of aliphatic carboxylic acids is 1. The summed E-state index contributed by atoms with van der Waals surface area (Å²) in [7, 11) is 0. The molecule has 0 radical (unpaired) electrons. The Morgan fingerprint density at radius 1 is 0.962 bits per heavy atom. The van der Waals surface area contributed by atoms with E-state index in [4.69, 9.17) is 5.11 Å². The van der Waals surface area contributed by atoms with Gasteiger partial charge in [-0.05, 0) is 46.9 Å². The fourth-order valence-corrected chi connectivity index (χ4v) is 6.03. The summed E-state index contributed by atoms with van der Waals surface area (Å²) in [5.74, 6) is -0.481. The lowest BCUT2D eigenvalue weighted by Gasteiger charge is -2.31. The van der Waals surface area contributed by atoms with Gasteiger partial charge in [0, 0.05) is 15.4 Å². The number of rotatable bonds is 5. The molecular weight excluding hydrogens is 360 g/mol. The highest BCUT2D eigenvalue weighted by atomic mass is 32.2. The van der Waals surface area contributed by atoms with E-state index in [-0.39, 0.29) is 16.6 Å². The molecule has 26 heavy (non-hydrogen) atoms. The van der Waals surface area contributed by atoms with Gasteiger partial charge in [-0.2, -0.15) is 0 Å². The molecule has 1 fully saturated rings. The second-order valence-corrected chi connectivity index (χ2v) is 12.0. The van der Waals surface area contributed by atoms with Gasteiger partial charge >= 0.3 is 5.97 Å². The third-order valence-electron chi connectivity index (χ3n) is 4.99. The van der Waals surface area contributed by atoms with E-state index in [1.165, 1.54) is 35.3 Å². The van der Waals surface area contributed by atoms with Crippen LogP contribution in [0.3, 0.4) is 0 Å². The smallest absolute Gasteiger partial charge is 0.313 e. The molecule has 0 bridgehead atoms. The van der Waals surface area contributed by atoms with Crippen molar-refractivity contribution in [2.45, 2.75) is 93.5 Å². The summed E-state index contributed by atoms with van der Waals surface area (Å²) in [4.78, 5) is 12.3. The molecule has 0 heterocycles. The van der Waals surface area contributed by atoms with Gasteiger partial charge in [-0.3, -0.25) is 4.79 Å². The maximum Gasteiger partial charge on any atom is 0.313 e. The lowest BCUT2D eigenvalue weighted by molar-refractivity contribution is -0.133. The van der Waals surface area contributed by atoms with E-state index in [1.54, 1.807) is 11.8 Å². The van der Waals surface area contributed by atoms with Crippen molar-refractivity contribution < 1.29 is 9.90 Å². The zero-order chi connectivity index (χ0) is 19.5. The quantitative estimate of drug-likeness (QED) is 0.618. The Morgan fingerprint density at radius 2 is 1.46 bits per heavy atom. The van der Waals surface area contributed by atoms with Crippen molar-refractivity contribution in [3.63, 3.8) is 0 Å². The number of benzene rings is 1. The molecule has 0 saturated heterocycles. The topological polar surface area (TPSA) is 37.3 Å². The second-order valence-electron chi connectivity index (χ2n) is 9.43. The first-order valence-electron chi connectivity index (χ1n) is 9.63. The van der Waals surface area contributed by atoms with Gasteiger partial charge in [-0.1, -0.05) is 60.5 Å². The average Bonchev–Trinajstić information content (AvgIpc) is 2.52. The van der Waals surface area contributed by atoms with Crippen molar-refractivity contribution in [2.24, 2.45) is 0 Å². The SMILES string of the molecule is CC(C)(C)c1cc(S[C@@H]2CCCC[C@H]2SCC(=O)O)cc(C(C)(C)C)c1. The first-order chi connectivity index (χ1) is 12.0. The normalized spacial score (nSPS) is 21.6. The lowest BCUT2D eigenvalue weighted by Crippen LogP contribution is -2.26. The Labute approximate surface area is 167 Å². The highest BCUT2D eigenvalue weighted by Gasteiger charge is 2.28. The van der Waals surface area contributed by atoms with Crippen LogP contribution in [0.15, 0.2) is 23.1 Å². The molecule has 0 aliphatic heterocycles. The average molecular weight is 395 g/mol. The van der Waals surface area contributed by atoms with Crippen molar-refractivity contribution >= 4 is 29.5 Å². The van der Waals surface area contributed by atoms with Crippen LogP contribution in [-0.2, 0) is 15.6 Å². The first kappa shape index (κ1) is 21.7. The number of carboxylic acid groups (broad SMARTS) is 1. The third-order valence-corrected chi connectivity index (χ3v) is 7.94. The van der Waals surface area contributed by atoms with Gasteiger partial charge in [-0.15, -0.1) is 23.5 Å². The molecule has 2 atom stereocenters. The monoisotopic (exact) mass is 394 g/mol. The van der Waals surface area contributed by atoms with Gasteiger partial charge < -0.3 is 5.11 Å². The van der Waals surface area contributed by atoms with Gasteiger partial charge in [0.25, 0.3) is 0 Å². The molecule has 0 unspecified atom stereocenters. The number of hydrogen-bond acceptors (Lipinski definition) is 3. The van der Waals surface area contributed by atoms with Crippen molar-refractivity contribution in [2.75, 3.05) is 5.75 Å². The number of carbonyl (C=O) groups is 1. The molecule has 1 aliphatic carbocycles. The van der Waals surface area contributed by atoms with E-state index >= 15 is 0 Å². The van der Waals surface area contributed by atoms with Crippen molar-refractivity contribution in [1.82, 2.24) is 0 Å². The Kier molecular flexibility index (Phi) is 7.17. The van der Waals surface area contributed by atoms with E-state index in [9.17, 15) is 4.79 Å². The van der Waals surface area contributed by atoms with Crippen LogP contribution in [0.5, 0.6) is 0 Å². The molecule has 0 aromatic heterocycles. The van der Waals surface area contributed by atoms with Gasteiger partial charge in [-0.25, -0.2) is 0 Å². The summed E-state index contributed by atoms with van der Waals surface area (Å²) in [5.41, 5.74) is 3.03. The van der Waals surface area contributed by atoms with Crippen LogP contribution in [0.4, 0.5) is 0 Å². The van der Waals surface area contributed by atoms with Crippen LogP contribution in [0.1, 0.15) is 78.4 Å². The summed E-state index contributed by atoms with van der Waals surface area (Å²) in [5, 5.41) is 10.0. The number of carboxylic acids is 1. The van der Waals surface area contributed by atoms with E-state index < -0.39 is 5.97 Å². The molecule has 146 valence electrons. The highest BCUT2D eigenvalue weighted by molar-refractivity contribution is 8.04. The van der Waals surface area contributed by atoms with Gasteiger partial charge in [0.05, 0.1) is 5.75 Å². The minimum Gasteiger partial charge on any atom is -0.481 e. The fourth-order valence-electron chi connectivity index (χ4n) is 3.27. The Bertz CT molecular complexity index is 594.